The summed E-state index contributed by atoms with van der Waals surface area (Å²) in [7, 11) is -1.49. The van der Waals surface area contributed by atoms with Gasteiger partial charge in [-0.3, -0.25) is 4.99 Å². The number of halogens is 2. The molecule has 5 nitrogen and oxygen atoms in total. The first-order valence-corrected chi connectivity index (χ1v) is 11.2. The van der Waals surface area contributed by atoms with Crippen molar-refractivity contribution in [3.05, 3.63) is 35.1 Å². The van der Waals surface area contributed by atoms with Crippen molar-refractivity contribution in [2.24, 2.45) is 16.8 Å². The molecule has 0 atom stereocenters. The van der Waals surface area contributed by atoms with E-state index in [0.717, 1.165) is 12.5 Å². The van der Waals surface area contributed by atoms with Gasteiger partial charge in [0.25, 0.3) is 0 Å². The molecule has 2 N–H and O–H groups in total. The van der Waals surface area contributed by atoms with Gasteiger partial charge in [0.15, 0.2) is 15.8 Å². The van der Waals surface area contributed by atoms with Crippen LogP contribution in [0.2, 0.25) is 0 Å². The molecule has 1 saturated carbocycles. The maximum absolute atomic E-state index is 13.6. The summed E-state index contributed by atoms with van der Waals surface area (Å²) >= 11 is 0. The van der Waals surface area contributed by atoms with E-state index in [9.17, 15) is 12.8 Å². The van der Waals surface area contributed by atoms with Crippen molar-refractivity contribution < 1.29 is 12.8 Å². The second kappa shape index (κ2) is 11.2. The number of rotatable bonds is 6. The maximum Gasteiger partial charge on any atom is 0.191 e. The molecule has 2 rings (SSSR count). The fraction of sp³-hybridized carbons (Fsp3) is 0.632. The summed E-state index contributed by atoms with van der Waals surface area (Å²) in [5.41, 5.74) is 1.24. The van der Waals surface area contributed by atoms with E-state index in [1.54, 1.807) is 7.05 Å². The van der Waals surface area contributed by atoms with Crippen LogP contribution < -0.4 is 10.6 Å². The Morgan fingerprint density at radius 2 is 1.85 bits per heavy atom. The zero-order valence-electron chi connectivity index (χ0n) is 16.3. The van der Waals surface area contributed by atoms with Crippen LogP contribution in [-0.2, 0) is 22.1 Å². The number of nitrogens with zero attached hydrogens (tertiary/aromatic N) is 1. The molecule has 1 aromatic rings. The molecule has 0 saturated heterocycles. The average molecular weight is 511 g/mol. The van der Waals surface area contributed by atoms with Gasteiger partial charge in [-0.1, -0.05) is 25.8 Å². The molecule has 0 aromatic heterocycles. The number of sulfone groups is 1. The molecule has 0 unspecified atom stereocenters. The van der Waals surface area contributed by atoms with Gasteiger partial charge in [0.05, 0.1) is 5.75 Å². The maximum atomic E-state index is 13.6. The smallest absolute Gasteiger partial charge is 0.191 e. The normalized spacial score (nSPS) is 20.7. The molecule has 1 aromatic carbocycles. The van der Waals surface area contributed by atoms with Gasteiger partial charge in [0.1, 0.15) is 5.82 Å². The van der Waals surface area contributed by atoms with Crippen molar-refractivity contribution in [2.75, 3.05) is 19.8 Å². The topological polar surface area (TPSA) is 70.6 Å². The molecule has 1 aliphatic carbocycles. The molecular weight excluding hydrogens is 480 g/mol. The highest BCUT2D eigenvalue weighted by atomic mass is 127. The third-order valence-corrected chi connectivity index (χ3v) is 5.78. The van der Waals surface area contributed by atoms with Gasteiger partial charge in [0, 0.05) is 26.4 Å². The molecule has 1 fully saturated rings. The molecule has 0 radical (unpaired) electrons. The van der Waals surface area contributed by atoms with Crippen molar-refractivity contribution in [3.63, 3.8) is 0 Å². The Morgan fingerprint density at radius 3 is 2.44 bits per heavy atom. The van der Waals surface area contributed by atoms with E-state index in [2.05, 4.69) is 22.5 Å². The molecule has 1 aliphatic rings. The predicted octanol–water partition coefficient (Wildman–Crippen LogP) is 3.48. The lowest BCUT2D eigenvalue weighted by atomic mass is 9.83. The molecule has 0 heterocycles. The van der Waals surface area contributed by atoms with E-state index < -0.39 is 9.84 Å². The molecule has 0 bridgehead atoms. The summed E-state index contributed by atoms with van der Waals surface area (Å²) in [5.74, 6) is 1.65. The second-order valence-electron chi connectivity index (χ2n) is 7.42. The standard InChI is InChI=1S/C19H30FN3O2S.HI/c1-14-4-6-15(7-5-14)11-22-19(21-2)23-12-17-10-18(20)9-8-16(17)13-26(3,24)25;/h8-10,14-15H,4-7,11-13H2,1-3H3,(H2,21,22,23);1H. The van der Waals surface area contributed by atoms with E-state index in [4.69, 9.17) is 0 Å². The number of aliphatic imine (C=N–C) groups is 1. The number of benzene rings is 1. The lowest BCUT2D eigenvalue weighted by Crippen LogP contribution is -2.40. The SMILES string of the molecule is CN=C(NCc1cc(F)ccc1CS(C)(=O)=O)NCC1CCC(C)CC1.I. The quantitative estimate of drug-likeness (QED) is 0.349. The minimum absolute atomic E-state index is 0. The summed E-state index contributed by atoms with van der Waals surface area (Å²) in [5, 5.41) is 6.50. The largest absolute Gasteiger partial charge is 0.356 e. The number of guanidine groups is 1. The van der Waals surface area contributed by atoms with Crippen LogP contribution in [0.1, 0.15) is 43.7 Å². The third kappa shape index (κ3) is 8.76. The van der Waals surface area contributed by atoms with Crippen molar-refractivity contribution in [1.29, 1.82) is 0 Å². The Morgan fingerprint density at radius 1 is 1.19 bits per heavy atom. The van der Waals surface area contributed by atoms with Gasteiger partial charge in [-0.15, -0.1) is 24.0 Å². The molecule has 8 heteroatoms. The molecule has 27 heavy (non-hydrogen) atoms. The molecule has 0 aliphatic heterocycles. The fourth-order valence-electron chi connectivity index (χ4n) is 3.36. The van der Waals surface area contributed by atoms with Gasteiger partial charge in [-0.05, 0) is 47.9 Å². The zero-order chi connectivity index (χ0) is 19.2. The van der Waals surface area contributed by atoms with Gasteiger partial charge < -0.3 is 10.6 Å². The van der Waals surface area contributed by atoms with E-state index in [-0.39, 0.29) is 35.5 Å². The van der Waals surface area contributed by atoms with Gasteiger partial charge in [0.2, 0.25) is 0 Å². The zero-order valence-corrected chi connectivity index (χ0v) is 19.4. The van der Waals surface area contributed by atoms with Gasteiger partial charge in [-0.25, -0.2) is 12.8 Å². The number of hydrogen-bond donors (Lipinski definition) is 2. The summed E-state index contributed by atoms with van der Waals surface area (Å²) in [6.45, 7) is 3.49. The third-order valence-electron chi connectivity index (χ3n) is 4.95. The Kier molecular flexibility index (Phi) is 10.0. The summed E-state index contributed by atoms with van der Waals surface area (Å²) in [6, 6.07) is 4.21. The van der Waals surface area contributed by atoms with Crippen LogP contribution in [0.15, 0.2) is 23.2 Å². The van der Waals surface area contributed by atoms with Gasteiger partial charge in [-0.2, -0.15) is 0 Å². The highest BCUT2D eigenvalue weighted by molar-refractivity contribution is 14.0. The summed E-state index contributed by atoms with van der Waals surface area (Å²) < 4.78 is 36.8. The minimum atomic E-state index is -3.18. The first-order chi connectivity index (χ1) is 12.3. The molecule has 0 amide bonds. The van der Waals surface area contributed by atoms with Crippen LogP contribution in [0.5, 0.6) is 0 Å². The van der Waals surface area contributed by atoms with Crippen LogP contribution in [0.3, 0.4) is 0 Å². The van der Waals surface area contributed by atoms with Crippen LogP contribution in [-0.4, -0.2) is 34.2 Å². The van der Waals surface area contributed by atoms with Crippen molar-refractivity contribution in [2.45, 2.75) is 44.9 Å². The van der Waals surface area contributed by atoms with Crippen LogP contribution in [0, 0.1) is 17.7 Å². The minimum Gasteiger partial charge on any atom is -0.356 e. The lowest BCUT2D eigenvalue weighted by molar-refractivity contribution is 0.289. The molecule has 154 valence electrons. The van der Waals surface area contributed by atoms with Gasteiger partial charge >= 0.3 is 0 Å². The Labute approximate surface area is 179 Å². The van der Waals surface area contributed by atoms with Crippen molar-refractivity contribution in [1.82, 2.24) is 10.6 Å². The Bertz CT molecular complexity index is 732. The summed E-state index contributed by atoms with van der Waals surface area (Å²) in [6.07, 6.45) is 6.19. The predicted molar refractivity (Wildman–Crippen MR) is 120 cm³/mol. The number of hydrogen-bond acceptors (Lipinski definition) is 3. The highest BCUT2D eigenvalue weighted by Gasteiger charge is 2.18. The molecule has 0 spiro atoms. The van der Waals surface area contributed by atoms with E-state index in [1.165, 1.54) is 50.1 Å². The monoisotopic (exact) mass is 511 g/mol. The van der Waals surface area contributed by atoms with Crippen molar-refractivity contribution >= 4 is 39.8 Å². The average Bonchev–Trinajstić information content (AvgIpc) is 2.57. The lowest BCUT2D eigenvalue weighted by Gasteiger charge is -2.26. The summed E-state index contributed by atoms with van der Waals surface area (Å²) in [4.78, 5) is 4.21. The highest BCUT2D eigenvalue weighted by Crippen LogP contribution is 2.27. The first-order valence-electron chi connectivity index (χ1n) is 9.16. The Hall–Kier alpha value is -0.900. The second-order valence-corrected chi connectivity index (χ2v) is 9.56. The van der Waals surface area contributed by atoms with Crippen molar-refractivity contribution in [3.8, 4) is 0 Å². The van der Waals surface area contributed by atoms with E-state index in [1.807, 2.05) is 0 Å². The first kappa shape index (κ1) is 24.1. The van der Waals surface area contributed by atoms with Crippen LogP contribution >= 0.6 is 24.0 Å². The van der Waals surface area contributed by atoms with Crippen LogP contribution in [0.4, 0.5) is 4.39 Å². The fourth-order valence-corrected chi connectivity index (χ4v) is 4.20. The molecular formula is C19H31FIN3O2S. The van der Waals surface area contributed by atoms with E-state index >= 15 is 0 Å². The van der Waals surface area contributed by atoms with Crippen LogP contribution in [0.25, 0.3) is 0 Å². The van der Waals surface area contributed by atoms with E-state index in [0.29, 0.717) is 29.5 Å². The number of nitrogens with one attached hydrogen (secondary N) is 2. The Balaban J connectivity index is 0.00000364.